The van der Waals surface area contributed by atoms with Gasteiger partial charge in [-0.05, 0) is 30.5 Å². The molecule has 1 aromatic carbocycles. The van der Waals surface area contributed by atoms with Crippen LogP contribution in [0.2, 0.25) is 0 Å². The summed E-state index contributed by atoms with van der Waals surface area (Å²) in [5.74, 6) is -0.156. The Hall–Kier alpha value is -0.970. The maximum absolute atomic E-state index is 13.0. The fourth-order valence-corrected chi connectivity index (χ4v) is 3.87. The van der Waals surface area contributed by atoms with Crippen LogP contribution in [-0.2, 0) is 11.3 Å². The van der Waals surface area contributed by atoms with Gasteiger partial charge >= 0.3 is 0 Å². The Morgan fingerprint density at radius 3 is 2.41 bits per heavy atom. The van der Waals surface area contributed by atoms with Gasteiger partial charge in [-0.1, -0.05) is 25.0 Å². The van der Waals surface area contributed by atoms with E-state index in [-0.39, 0.29) is 5.82 Å². The Balaban J connectivity index is 1.50. The average molecular weight is 306 g/mol. The van der Waals surface area contributed by atoms with Gasteiger partial charge in [0.1, 0.15) is 5.82 Å². The minimum atomic E-state index is -0.156. The zero-order valence-corrected chi connectivity index (χ0v) is 13.5. The molecular weight excluding hydrogens is 279 g/mol. The molecule has 2 aliphatic rings. The Bertz CT molecular complexity index is 457. The van der Waals surface area contributed by atoms with Crippen LogP contribution < -0.4 is 0 Å². The van der Waals surface area contributed by atoms with Crippen LogP contribution >= 0.6 is 0 Å². The summed E-state index contributed by atoms with van der Waals surface area (Å²) in [7, 11) is 1.85. The van der Waals surface area contributed by atoms with E-state index in [0.29, 0.717) is 12.1 Å². The topological polar surface area (TPSA) is 15.7 Å². The molecule has 0 spiro atoms. The standard InChI is InChI=1S/C18H27FN2O/c1-22-18-5-3-2-4-17(18)21-12-10-20(11-13-21)14-15-6-8-16(19)9-7-15/h6-9,17-18H,2-5,10-14H2,1H3. The molecule has 1 aromatic rings. The van der Waals surface area contributed by atoms with E-state index >= 15 is 0 Å². The fourth-order valence-electron chi connectivity index (χ4n) is 3.87. The zero-order chi connectivity index (χ0) is 15.4. The van der Waals surface area contributed by atoms with Crippen LogP contribution in [0.15, 0.2) is 24.3 Å². The predicted octanol–water partition coefficient (Wildman–Crippen LogP) is 2.90. The number of hydrogen-bond donors (Lipinski definition) is 0. The van der Waals surface area contributed by atoms with Crippen molar-refractivity contribution in [2.75, 3.05) is 33.3 Å². The summed E-state index contributed by atoms with van der Waals surface area (Å²) in [6.45, 7) is 5.33. The molecule has 2 atom stereocenters. The second-order valence-corrected chi connectivity index (χ2v) is 6.56. The highest BCUT2D eigenvalue weighted by atomic mass is 19.1. The molecule has 3 nitrogen and oxygen atoms in total. The van der Waals surface area contributed by atoms with Gasteiger partial charge in [0.15, 0.2) is 0 Å². The summed E-state index contributed by atoms with van der Waals surface area (Å²) < 4.78 is 18.7. The number of ether oxygens (including phenoxy) is 1. The number of rotatable bonds is 4. The Labute approximate surface area is 133 Å². The molecule has 1 aliphatic heterocycles. The SMILES string of the molecule is COC1CCCCC1N1CCN(Cc2ccc(F)cc2)CC1. The van der Waals surface area contributed by atoms with Crippen molar-refractivity contribution in [3.63, 3.8) is 0 Å². The summed E-state index contributed by atoms with van der Waals surface area (Å²) in [6, 6.07) is 7.49. The van der Waals surface area contributed by atoms with Crippen LogP contribution in [0.5, 0.6) is 0 Å². The third-order valence-electron chi connectivity index (χ3n) is 5.17. The van der Waals surface area contributed by atoms with Crippen molar-refractivity contribution in [1.29, 1.82) is 0 Å². The number of hydrogen-bond acceptors (Lipinski definition) is 3. The van der Waals surface area contributed by atoms with Crippen LogP contribution in [0.25, 0.3) is 0 Å². The molecular formula is C18H27FN2O. The summed E-state index contributed by atoms with van der Waals surface area (Å²) >= 11 is 0. The number of piperazine rings is 1. The van der Waals surface area contributed by atoms with Gasteiger partial charge in [0.05, 0.1) is 6.10 Å². The third-order valence-corrected chi connectivity index (χ3v) is 5.17. The molecule has 1 saturated carbocycles. The summed E-state index contributed by atoms with van der Waals surface area (Å²) in [6.07, 6.45) is 5.53. The second kappa shape index (κ2) is 7.53. The molecule has 0 amide bonds. The molecule has 1 aliphatic carbocycles. The van der Waals surface area contributed by atoms with Crippen molar-refractivity contribution in [2.24, 2.45) is 0 Å². The largest absolute Gasteiger partial charge is 0.380 e. The van der Waals surface area contributed by atoms with Gasteiger partial charge in [-0.3, -0.25) is 9.80 Å². The molecule has 122 valence electrons. The lowest BCUT2D eigenvalue weighted by Gasteiger charge is -2.43. The first kappa shape index (κ1) is 15.9. The Morgan fingerprint density at radius 1 is 1.05 bits per heavy atom. The van der Waals surface area contributed by atoms with E-state index in [1.54, 1.807) is 12.1 Å². The van der Waals surface area contributed by atoms with Crippen molar-refractivity contribution in [1.82, 2.24) is 9.80 Å². The minimum Gasteiger partial charge on any atom is -0.380 e. The minimum absolute atomic E-state index is 0.156. The van der Waals surface area contributed by atoms with Crippen LogP contribution in [-0.4, -0.2) is 55.2 Å². The molecule has 22 heavy (non-hydrogen) atoms. The van der Waals surface area contributed by atoms with Gasteiger partial charge in [-0.25, -0.2) is 4.39 Å². The zero-order valence-electron chi connectivity index (χ0n) is 13.5. The first-order valence-corrected chi connectivity index (χ1v) is 8.50. The molecule has 1 saturated heterocycles. The van der Waals surface area contributed by atoms with Gasteiger partial charge in [0.25, 0.3) is 0 Å². The molecule has 4 heteroatoms. The number of benzene rings is 1. The van der Waals surface area contributed by atoms with Crippen molar-refractivity contribution in [3.8, 4) is 0 Å². The lowest BCUT2D eigenvalue weighted by atomic mass is 9.90. The van der Waals surface area contributed by atoms with Gasteiger partial charge in [0.2, 0.25) is 0 Å². The molecule has 2 fully saturated rings. The number of halogens is 1. The molecule has 0 bridgehead atoms. The van der Waals surface area contributed by atoms with Crippen molar-refractivity contribution < 1.29 is 9.13 Å². The van der Waals surface area contributed by atoms with E-state index in [0.717, 1.165) is 32.7 Å². The summed E-state index contributed by atoms with van der Waals surface area (Å²) in [4.78, 5) is 5.09. The van der Waals surface area contributed by atoms with Crippen LogP contribution in [0, 0.1) is 5.82 Å². The highest BCUT2D eigenvalue weighted by Gasteiger charge is 2.31. The van der Waals surface area contributed by atoms with E-state index in [2.05, 4.69) is 9.80 Å². The van der Waals surface area contributed by atoms with E-state index in [1.807, 2.05) is 19.2 Å². The molecule has 0 N–H and O–H groups in total. The maximum atomic E-state index is 13.0. The third kappa shape index (κ3) is 3.86. The number of nitrogens with zero attached hydrogens (tertiary/aromatic N) is 2. The maximum Gasteiger partial charge on any atom is 0.123 e. The highest BCUT2D eigenvalue weighted by molar-refractivity contribution is 5.16. The van der Waals surface area contributed by atoms with Gasteiger partial charge < -0.3 is 4.74 Å². The lowest BCUT2D eigenvalue weighted by molar-refractivity contribution is -0.0279. The lowest BCUT2D eigenvalue weighted by Crippen LogP contribution is -2.54. The van der Waals surface area contributed by atoms with E-state index in [1.165, 1.54) is 31.2 Å². The first-order chi connectivity index (χ1) is 10.8. The molecule has 3 rings (SSSR count). The summed E-state index contributed by atoms with van der Waals surface area (Å²) in [5, 5.41) is 0. The molecule has 2 unspecified atom stereocenters. The molecule has 0 aromatic heterocycles. The van der Waals surface area contributed by atoms with E-state index in [4.69, 9.17) is 4.74 Å². The van der Waals surface area contributed by atoms with Crippen LogP contribution in [0.3, 0.4) is 0 Å². The first-order valence-electron chi connectivity index (χ1n) is 8.50. The van der Waals surface area contributed by atoms with Crippen molar-refractivity contribution in [2.45, 2.75) is 44.4 Å². The van der Waals surface area contributed by atoms with Crippen LogP contribution in [0.4, 0.5) is 4.39 Å². The van der Waals surface area contributed by atoms with Gasteiger partial charge in [-0.2, -0.15) is 0 Å². The van der Waals surface area contributed by atoms with Gasteiger partial charge in [-0.15, -0.1) is 0 Å². The normalized spacial score (nSPS) is 27.9. The van der Waals surface area contributed by atoms with Crippen molar-refractivity contribution in [3.05, 3.63) is 35.6 Å². The smallest absolute Gasteiger partial charge is 0.123 e. The quantitative estimate of drug-likeness (QED) is 0.851. The van der Waals surface area contributed by atoms with Crippen LogP contribution in [0.1, 0.15) is 31.2 Å². The predicted molar refractivity (Wildman–Crippen MR) is 86.3 cm³/mol. The Morgan fingerprint density at radius 2 is 1.73 bits per heavy atom. The average Bonchev–Trinajstić information content (AvgIpc) is 2.58. The van der Waals surface area contributed by atoms with E-state index < -0.39 is 0 Å². The highest BCUT2D eigenvalue weighted by Crippen LogP contribution is 2.26. The second-order valence-electron chi connectivity index (χ2n) is 6.56. The van der Waals surface area contributed by atoms with E-state index in [9.17, 15) is 4.39 Å². The van der Waals surface area contributed by atoms with Gasteiger partial charge in [0, 0.05) is 45.9 Å². The number of methoxy groups -OCH3 is 1. The molecule has 1 heterocycles. The fraction of sp³-hybridized carbons (Fsp3) is 0.667. The summed E-state index contributed by atoms with van der Waals surface area (Å²) in [5.41, 5.74) is 1.20. The Kier molecular flexibility index (Phi) is 5.45. The monoisotopic (exact) mass is 306 g/mol. The van der Waals surface area contributed by atoms with Crippen molar-refractivity contribution >= 4 is 0 Å². The molecule has 0 radical (unpaired) electrons.